The Bertz CT molecular complexity index is 453. The average molecular weight is 292 g/mol. The first-order valence-corrected chi connectivity index (χ1v) is 8.28. The van der Waals surface area contributed by atoms with E-state index in [1.807, 2.05) is 19.2 Å². The van der Waals surface area contributed by atoms with Crippen molar-refractivity contribution in [3.8, 4) is 0 Å². The molecule has 1 aliphatic rings. The molecular weight excluding hydrogens is 263 g/mol. The van der Waals surface area contributed by atoms with Crippen LogP contribution in [0.5, 0.6) is 0 Å². The van der Waals surface area contributed by atoms with Gasteiger partial charge in [-0.2, -0.15) is 0 Å². The molecule has 1 atom stereocenters. The Balaban J connectivity index is 2.09. The van der Waals surface area contributed by atoms with Crippen LogP contribution in [0.1, 0.15) is 58.1 Å². The van der Waals surface area contributed by atoms with Gasteiger partial charge in [-0.05, 0) is 62.8 Å². The van der Waals surface area contributed by atoms with Crippen LogP contribution in [0.25, 0.3) is 0 Å². The summed E-state index contributed by atoms with van der Waals surface area (Å²) in [6.45, 7) is 7.35. The summed E-state index contributed by atoms with van der Waals surface area (Å²) >= 11 is 0. The van der Waals surface area contributed by atoms with E-state index < -0.39 is 0 Å². The van der Waals surface area contributed by atoms with Crippen LogP contribution in [-0.2, 0) is 0 Å². The standard InChI is InChI=1S/C18H29FN2/c1-5-20-14(3)15-8-11-18(17(19)12-15)21(4)16-9-6-13(2)7-10-16/h8,11-14,16,20H,5-7,9-10H2,1-4H3. The molecule has 3 heteroatoms. The molecule has 1 aromatic rings. The zero-order valence-corrected chi connectivity index (χ0v) is 13.8. The van der Waals surface area contributed by atoms with Crippen LogP contribution in [0.15, 0.2) is 18.2 Å². The van der Waals surface area contributed by atoms with E-state index >= 15 is 0 Å². The minimum atomic E-state index is -0.0987. The summed E-state index contributed by atoms with van der Waals surface area (Å²) in [7, 11) is 2.03. The van der Waals surface area contributed by atoms with Gasteiger partial charge in [-0.25, -0.2) is 4.39 Å². The van der Waals surface area contributed by atoms with E-state index in [-0.39, 0.29) is 11.9 Å². The fourth-order valence-corrected chi connectivity index (χ4v) is 3.33. The third-order valence-corrected chi connectivity index (χ3v) is 4.90. The molecule has 2 nitrogen and oxygen atoms in total. The van der Waals surface area contributed by atoms with Crippen LogP contribution in [0, 0.1) is 11.7 Å². The highest BCUT2D eigenvalue weighted by Gasteiger charge is 2.23. The molecule has 0 saturated heterocycles. The van der Waals surface area contributed by atoms with Gasteiger partial charge in [0.05, 0.1) is 5.69 Å². The average Bonchev–Trinajstić information content (AvgIpc) is 2.47. The molecule has 1 aromatic carbocycles. The van der Waals surface area contributed by atoms with Crippen molar-refractivity contribution in [2.45, 2.75) is 58.5 Å². The van der Waals surface area contributed by atoms with E-state index in [2.05, 4.69) is 31.0 Å². The lowest BCUT2D eigenvalue weighted by atomic mass is 9.86. The van der Waals surface area contributed by atoms with Gasteiger partial charge < -0.3 is 10.2 Å². The lowest BCUT2D eigenvalue weighted by Crippen LogP contribution is -2.35. The van der Waals surface area contributed by atoms with Crippen molar-refractivity contribution in [1.29, 1.82) is 0 Å². The van der Waals surface area contributed by atoms with Crippen LogP contribution in [0.3, 0.4) is 0 Å². The summed E-state index contributed by atoms with van der Waals surface area (Å²) < 4.78 is 14.5. The van der Waals surface area contributed by atoms with E-state index in [1.165, 1.54) is 25.7 Å². The highest BCUT2D eigenvalue weighted by Crippen LogP contribution is 2.31. The van der Waals surface area contributed by atoms with Gasteiger partial charge in [-0.3, -0.25) is 0 Å². The van der Waals surface area contributed by atoms with Gasteiger partial charge in [-0.1, -0.05) is 19.9 Å². The number of rotatable bonds is 5. The molecule has 1 unspecified atom stereocenters. The Labute approximate surface area is 128 Å². The molecular formula is C18H29FN2. The Morgan fingerprint density at radius 2 is 1.95 bits per heavy atom. The molecule has 1 N–H and O–H groups in total. The lowest BCUT2D eigenvalue weighted by Gasteiger charge is -2.35. The first kappa shape index (κ1) is 16.3. The van der Waals surface area contributed by atoms with Gasteiger partial charge in [0.25, 0.3) is 0 Å². The molecule has 1 aliphatic carbocycles. The van der Waals surface area contributed by atoms with Crippen LogP contribution in [-0.4, -0.2) is 19.6 Å². The number of nitrogens with one attached hydrogen (secondary N) is 1. The van der Waals surface area contributed by atoms with Gasteiger partial charge in [0.2, 0.25) is 0 Å². The van der Waals surface area contributed by atoms with Crippen molar-refractivity contribution in [2.24, 2.45) is 5.92 Å². The fraction of sp³-hybridized carbons (Fsp3) is 0.667. The SMILES string of the molecule is CCNC(C)c1ccc(N(C)C2CCC(C)CC2)c(F)c1. The van der Waals surface area contributed by atoms with Gasteiger partial charge in [0, 0.05) is 19.1 Å². The maximum absolute atomic E-state index is 14.5. The number of hydrogen-bond donors (Lipinski definition) is 1. The van der Waals surface area contributed by atoms with E-state index in [0.717, 1.165) is 23.7 Å². The van der Waals surface area contributed by atoms with Crippen LogP contribution in [0.2, 0.25) is 0 Å². The molecule has 1 saturated carbocycles. The number of halogens is 1. The zero-order chi connectivity index (χ0) is 15.4. The fourth-order valence-electron chi connectivity index (χ4n) is 3.33. The minimum absolute atomic E-state index is 0.0987. The highest BCUT2D eigenvalue weighted by atomic mass is 19.1. The number of anilines is 1. The third-order valence-electron chi connectivity index (χ3n) is 4.90. The van der Waals surface area contributed by atoms with Crippen LogP contribution in [0.4, 0.5) is 10.1 Å². The van der Waals surface area contributed by atoms with Gasteiger partial charge in [0.1, 0.15) is 5.82 Å². The molecule has 0 spiro atoms. The van der Waals surface area contributed by atoms with Crippen molar-refractivity contribution in [3.63, 3.8) is 0 Å². The summed E-state index contributed by atoms with van der Waals surface area (Å²) in [5, 5.41) is 3.33. The van der Waals surface area contributed by atoms with E-state index in [9.17, 15) is 4.39 Å². The molecule has 0 bridgehead atoms. The van der Waals surface area contributed by atoms with Gasteiger partial charge in [-0.15, -0.1) is 0 Å². The molecule has 0 amide bonds. The van der Waals surface area contributed by atoms with Gasteiger partial charge in [0.15, 0.2) is 0 Å². The summed E-state index contributed by atoms with van der Waals surface area (Å²) in [5.41, 5.74) is 1.76. The number of benzene rings is 1. The Hall–Kier alpha value is -1.09. The number of hydrogen-bond acceptors (Lipinski definition) is 2. The first-order valence-electron chi connectivity index (χ1n) is 8.28. The monoisotopic (exact) mass is 292 g/mol. The molecule has 2 rings (SSSR count). The molecule has 0 aromatic heterocycles. The van der Waals surface area contributed by atoms with Crippen molar-refractivity contribution < 1.29 is 4.39 Å². The largest absolute Gasteiger partial charge is 0.369 e. The second-order valence-electron chi connectivity index (χ2n) is 6.51. The quantitative estimate of drug-likeness (QED) is 0.859. The molecule has 0 heterocycles. The second kappa shape index (κ2) is 7.26. The maximum Gasteiger partial charge on any atom is 0.146 e. The second-order valence-corrected chi connectivity index (χ2v) is 6.51. The molecule has 1 fully saturated rings. The zero-order valence-electron chi connectivity index (χ0n) is 13.8. The van der Waals surface area contributed by atoms with E-state index in [1.54, 1.807) is 6.07 Å². The van der Waals surface area contributed by atoms with Crippen molar-refractivity contribution in [3.05, 3.63) is 29.6 Å². The van der Waals surface area contributed by atoms with Crippen LogP contribution >= 0.6 is 0 Å². The predicted octanol–water partition coefficient (Wildman–Crippen LogP) is 4.51. The molecule has 21 heavy (non-hydrogen) atoms. The highest BCUT2D eigenvalue weighted by molar-refractivity contribution is 5.50. The Kier molecular flexibility index (Phi) is 5.63. The van der Waals surface area contributed by atoms with E-state index in [0.29, 0.717) is 6.04 Å². The predicted molar refractivity (Wildman–Crippen MR) is 88.3 cm³/mol. The maximum atomic E-state index is 14.5. The smallest absolute Gasteiger partial charge is 0.146 e. The van der Waals surface area contributed by atoms with Crippen molar-refractivity contribution >= 4 is 5.69 Å². The number of nitrogens with zero attached hydrogens (tertiary/aromatic N) is 1. The van der Waals surface area contributed by atoms with Crippen molar-refractivity contribution in [2.75, 3.05) is 18.5 Å². The molecule has 0 aliphatic heterocycles. The van der Waals surface area contributed by atoms with E-state index in [4.69, 9.17) is 0 Å². The summed E-state index contributed by atoms with van der Waals surface area (Å²) in [4.78, 5) is 2.14. The minimum Gasteiger partial charge on any atom is -0.369 e. The first-order chi connectivity index (χ1) is 10.0. The molecule has 118 valence electrons. The third kappa shape index (κ3) is 3.97. The normalized spacial score (nSPS) is 23.9. The molecule has 0 radical (unpaired) electrons. The van der Waals surface area contributed by atoms with Crippen LogP contribution < -0.4 is 10.2 Å². The summed E-state index contributed by atoms with van der Waals surface area (Å²) in [6, 6.07) is 6.35. The van der Waals surface area contributed by atoms with Crippen molar-refractivity contribution in [1.82, 2.24) is 5.32 Å². The summed E-state index contributed by atoms with van der Waals surface area (Å²) in [6.07, 6.45) is 4.86. The van der Waals surface area contributed by atoms with Gasteiger partial charge >= 0.3 is 0 Å². The lowest BCUT2D eigenvalue weighted by molar-refractivity contribution is 0.339. The Morgan fingerprint density at radius 3 is 2.52 bits per heavy atom. The Morgan fingerprint density at radius 1 is 1.29 bits per heavy atom. The summed E-state index contributed by atoms with van der Waals surface area (Å²) in [5.74, 6) is 0.723. The topological polar surface area (TPSA) is 15.3 Å².